The average Bonchev–Trinajstić information content (AvgIpc) is 3.38. The number of carbonyl (C=O) groups excluding carboxylic acids is 2. The molecule has 0 bridgehead atoms. The van der Waals surface area contributed by atoms with Gasteiger partial charge in [-0.15, -0.1) is 0 Å². The number of halogens is 2. The van der Waals surface area contributed by atoms with Gasteiger partial charge in [-0.3, -0.25) is 9.59 Å². The Morgan fingerprint density at radius 3 is 2.43 bits per heavy atom. The van der Waals surface area contributed by atoms with Gasteiger partial charge < -0.3 is 14.5 Å². The van der Waals surface area contributed by atoms with Crippen LogP contribution >= 0.6 is 0 Å². The summed E-state index contributed by atoms with van der Waals surface area (Å²) in [6.07, 6.45) is 2.15. The summed E-state index contributed by atoms with van der Waals surface area (Å²) in [5, 5.41) is 0. The van der Waals surface area contributed by atoms with E-state index in [0.717, 1.165) is 12.8 Å². The number of alkyl halides is 2. The van der Waals surface area contributed by atoms with Crippen molar-refractivity contribution in [2.45, 2.75) is 52.0 Å². The molecular formula is C20H27F2N3O3. The molecule has 1 aromatic heterocycles. The molecule has 8 heteroatoms. The van der Waals surface area contributed by atoms with Gasteiger partial charge in [-0.05, 0) is 58.6 Å². The molecule has 2 aliphatic rings. The van der Waals surface area contributed by atoms with E-state index < -0.39 is 11.5 Å². The average molecular weight is 395 g/mol. The Bertz CT molecular complexity index is 764. The molecule has 0 radical (unpaired) electrons. The van der Waals surface area contributed by atoms with Crippen molar-refractivity contribution in [1.82, 2.24) is 9.88 Å². The lowest BCUT2D eigenvalue weighted by molar-refractivity contribution is -0.118. The molecule has 3 rings (SSSR count). The number of ketones is 1. The van der Waals surface area contributed by atoms with Gasteiger partial charge in [0.2, 0.25) is 5.88 Å². The minimum Gasteiger partial charge on any atom is -0.476 e. The molecule has 0 unspecified atom stereocenters. The van der Waals surface area contributed by atoms with Crippen molar-refractivity contribution in [2.75, 3.05) is 31.1 Å². The van der Waals surface area contributed by atoms with Crippen LogP contribution in [0.5, 0.6) is 5.88 Å². The normalized spacial score (nSPS) is 18.4. The van der Waals surface area contributed by atoms with Gasteiger partial charge in [0, 0.05) is 5.54 Å². The zero-order valence-electron chi connectivity index (χ0n) is 16.8. The summed E-state index contributed by atoms with van der Waals surface area (Å²) in [6.45, 7) is 6.61. The fraction of sp³-hybridized carbons (Fsp3) is 0.650. The van der Waals surface area contributed by atoms with E-state index in [-0.39, 0.29) is 42.9 Å². The number of hydrogen-bond acceptors (Lipinski definition) is 5. The molecule has 1 aliphatic carbocycles. The van der Waals surface area contributed by atoms with Crippen LogP contribution in [0.1, 0.15) is 51.0 Å². The number of anilines is 1. The third-order valence-corrected chi connectivity index (χ3v) is 4.83. The van der Waals surface area contributed by atoms with E-state index in [9.17, 15) is 18.4 Å². The molecule has 28 heavy (non-hydrogen) atoms. The number of pyridine rings is 1. The van der Waals surface area contributed by atoms with Gasteiger partial charge in [0.1, 0.15) is 17.2 Å². The quantitative estimate of drug-likeness (QED) is 0.710. The SMILES string of the molecule is CC(=O)CN(C(=O)c1ccc(N2CC(F)(F)C2)c(OCC2CC2)n1)C(C)(C)C. The molecule has 2 fully saturated rings. The Kier molecular flexibility index (Phi) is 5.34. The maximum atomic E-state index is 13.3. The zero-order chi connectivity index (χ0) is 20.7. The molecule has 0 N–H and O–H groups in total. The summed E-state index contributed by atoms with van der Waals surface area (Å²) < 4.78 is 32.4. The number of Topliss-reactive ketones (excluding diaryl/α,β-unsaturated/α-hetero) is 1. The van der Waals surface area contributed by atoms with Crippen LogP contribution in [0, 0.1) is 5.92 Å². The highest BCUT2D eigenvalue weighted by Gasteiger charge is 2.45. The molecule has 154 valence electrons. The Labute approximate surface area is 163 Å². The highest BCUT2D eigenvalue weighted by molar-refractivity contribution is 5.96. The van der Waals surface area contributed by atoms with Crippen molar-refractivity contribution in [1.29, 1.82) is 0 Å². The molecule has 1 amide bonds. The summed E-state index contributed by atoms with van der Waals surface area (Å²) in [5.74, 6) is -2.58. The molecule has 0 aromatic carbocycles. The van der Waals surface area contributed by atoms with E-state index in [1.54, 1.807) is 6.07 Å². The van der Waals surface area contributed by atoms with Gasteiger partial charge in [-0.1, -0.05) is 0 Å². The van der Waals surface area contributed by atoms with Crippen LogP contribution in [0.15, 0.2) is 12.1 Å². The van der Waals surface area contributed by atoms with Crippen molar-refractivity contribution < 1.29 is 23.1 Å². The number of ether oxygens (including phenoxy) is 1. The summed E-state index contributed by atoms with van der Waals surface area (Å²) in [5.41, 5.74) is 0.0347. The van der Waals surface area contributed by atoms with Crippen molar-refractivity contribution in [2.24, 2.45) is 5.92 Å². The summed E-state index contributed by atoms with van der Waals surface area (Å²) in [4.78, 5) is 32.0. The number of rotatable bonds is 7. The molecule has 1 aromatic rings. The van der Waals surface area contributed by atoms with Crippen LogP contribution in [0.2, 0.25) is 0 Å². The Balaban J connectivity index is 1.86. The Hall–Kier alpha value is -2.25. The van der Waals surface area contributed by atoms with Crippen molar-refractivity contribution in [3.63, 3.8) is 0 Å². The van der Waals surface area contributed by atoms with E-state index in [2.05, 4.69) is 4.98 Å². The molecule has 0 spiro atoms. The highest BCUT2D eigenvalue weighted by atomic mass is 19.3. The first-order chi connectivity index (χ1) is 13.0. The molecule has 1 saturated heterocycles. The van der Waals surface area contributed by atoms with Crippen molar-refractivity contribution in [3.8, 4) is 5.88 Å². The third-order valence-electron chi connectivity index (χ3n) is 4.83. The van der Waals surface area contributed by atoms with Crippen LogP contribution in [0.3, 0.4) is 0 Å². The second-order valence-corrected chi connectivity index (χ2v) is 8.75. The topological polar surface area (TPSA) is 62.7 Å². The zero-order valence-corrected chi connectivity index (χ0v) is 16.8. The van der Waals surface area contributed by atoms with Crippen molar-refractivity contribution in [3.05, 3.63) is 17.8 Å². The lowest BCUT2D eigenvalue weighted by atomic mass is 10.0. The van der Waals surface area contributed by atoms with Gasteiger partial charge in [-0.2, -0.15) is 0 Å². The predicted molar refractivity (Wildman–Crippen MR) is 101 cm³/mol. The lowest BCUT2D eigenvalue weighted by Crippen LogP contribution is -2.56. The largest absolute Gasteiger partial charge is 0.476 e. The van der Waals surface area contributed by atoms with Crippen LogP contribution in [0.25, 0.3) is 0 Å². The minimum atomic E-state index is -2.72. The molecular weight excluding hydrogens is 368 g/mol. The fourth-order valence-corrected chi connectivity index (χ4v) is 3.04. The van der Waals surface area contributed by atoms with Gasteiger partial charge in [0.25, 0.3) is 11.8 Å². The molecule has 6 nitrogen and oxygen atoms in total. The number of nitrogens with zero attached hydrogens (tertiary/aromatic N) is 3. The maximum Gasteiger partial charge on any atom is 0.282 e. The number of carbonyl (C=O) groups is 2. The third kappa shape index (κ3) is 4.77. The van der Waals surface area contributed by atoms with E-state index in [1.165, 1.54) is 22.8 Å². The van der Waals surface area contributed by atoms with E-state index in [0.29, 0.717) is 18.2 Å². The fourth-order valence-electron chi connectivity index (χ4n) is 3.04. The summed E-state index contributed by atoms with van der Waals surface area (Å²) in [7, 11) is 0. The molecule has 1 saturated carbocycles. The first-order valence-corrected chi connectivity index (χ1v) is 9.54. The van der Waals surface area contributed by atoms with Gasteiger partial charge in [-0.25, -0.2) is 13.8 Å². The first kappa shape index (κ1) is 20.5. The van der Waals surface area contributed by atoms with Crippen LogP contribution in [-0.2, 0) is 4.79 Å². The lowest BCUT2D eigenvalue weighted by Gasteiger charge is -2.40. The monoisotopic (exact) mass is 395 g/mol. The van der Waals surface area contributed by atoms with Crippen molar-refractivity contribution >= 4 is 17.4 Å². The van der Waals surface area contributed by atoms with Crippen LogP contribution < -0.4 is 9.64 Å². The van der Waals surface area contributed by atoms with Gasteiger partial charge in [0.15, 0.2) is 0 Å². The second-order valence-electron chi connectivity index (χ2n) is 8.75. The van der Waals surface area contributed by atoms with Gasteiger partial charge in [0.05, 0.1) is 26.2 Å². The minimum absolute atomic E-state index is 0.0254. The predicted octanol–water partition coefficient (Wildman–Crippen LogP) is 3.16. The number of hydrogen-bond donors (Lipinski definition) is 0. The second kappa shape index (κ2) is 7.29. The Morgan fingerprint density at radius 2 is 1.93 bits per heavy atom. The highest BCUT2D eigenvalue weighted by Crippen LogP contribution is 2.38. The summed E-state index contributed by atoms with van der Waals surface area (Å²) >= 11 is 0. The van der Waals surface area contributed by atoms with E-state index in [4.69, 9.17) is 4.74 Å². The molecule has 2 heterocycles. The summed E-state index contributed by atoms with van der Waals surface area (Å²) in [6, 6.07) is 3.11. The molecule has 1 aliphatic heterocycles. The molecule has 0 atom stereocenters. The van der Waals surface area contributed by atoms with E-state index in [1.807, 2.05) is 20.8 Å². The van der Waals surface area contributed by atoms with Crippen LogP contribution in [0.4, 0.5) is 14.5 Å². The standard InChI is InChI=1S/C20H27F2N3O3/c1-13(26)9-25(19(2,3)4)18(27)15-7-8-16(24-11-20(21,22)12-24)17(23-15)28-10-14-5-6-14/h7-8,14H,5-6,9-12H2,1-4H3. The number of amides is 1. The smallest absolute Gasteiger partial charge is 0.282 e. The first-order valence-electron chi connectivity index (χ1n) is 9.54. The number of aromatic nitrogens is 1. The van der Waals surface area contributed by atoms with Crippen LogP contribution in [-0.4, -0.2) is 59.3 Å². The van der Waals surface area contributed by atoms with Gasteiger partial charge >= 0.3 is 0 Å². The maximum absolute atomic E-state index is 13.3. The van der Waals surface area contributed by atoms with E-state index >= 15 is 0 Å². The Morgan fingerprint density at radius 1 is 1.29 bits per heavy atom.